The van der Waals surface area contributed by atoms with E-state index in [-0.39, 0.29) is 17.7 Å². The molecule has 1 heterocycles. The van der Waals surface area contributed by atoms with Gasteiger partial charge in [-0.1, -0.05) is 30.3 Å². The summed E-state index contributed by atoms with van der Waals surface area (Å²) >= 11 is 0. The lowest BCUT2D eigenvalue weighted by atomic mass is 9.89. The molecule has 0 aliphatic carbocycles. The van der Waals surface area contributed by atoms with E-state index in [1.54, 1.807) is 12.1 Å². The van der Waals surface area contributed by atoms with Crippen molar-refractivity contribution in [3.05, 3.63) is 88.5 Å². The summed E-state index contributed by atoms with van der Waals surface area (Å²) in [6.07, 6.45) is -10.7. The van der Waals surface area contributed by atoms with Gasteiger partial charge in [-0.25, -0.2) is 4.79 Å². The van der Waals surface area contributed by atoms with Gasteiger partial charge in [0.2, 0.25) is 0 Å². The average molecular weight is 597 g/mol. The van der Waals surface area contributed by atoms with E-state index in [0.717, 1.165) is 17.6 Å². The number of nitrogens with zero attached hydrogens (tertiary/aromatic N) is 2. The van der Waals surface area contributed by atoms with Gasteiger partial charge in [0.05, 0.1) is 38.5 Å². The molecule has 0 radical (unpaired) electrons. The summed E-state index contributed by atoms with van der Waals surface area (Å²) in [5.41, 5.74) is -1.00. The molecule has 0 saturated heterocycles. The highest BCUT2D eigenvalue weighted by Crippen LogP contribution is 2.47. The zero-order chi connectivity index (χ0) is 30.8. The summed E-state index contributed by atoms with van der Waals surface area (Å²) < 4.78 is 97.4. The van der Waals surface area contributed by atoms with Gasteiger partial charge in [-0.2, -0.15) is 26.3 Å². The lowest BCUT2D eigenvalue weighted by molar-refractivity contribution is -0.143. The number of halogens is 6. The van der Waals surface area contributed by atoms with Crippen LogP contribution in [0.3, 0.4) is 0 Å². The van der Waals surface area contributed by atoms with Crippen LogP contribution in [0.4, 0.5) is 36.8 Å². The number of ether oxygens (including phenoxy) is 3. The monoisotopic (exact) mass is 596 g/mol. The maximum Gasteiger partial charge on any atom is 0.416 e. The van der Waals surface area contributed by atoms with E-state index in [2.05, 4.69) is 4.90 Å². The van der Waals surface area contributed by atoms with Crippen molar-refractivity contribution >= 4 is 11.8 Å². The maximum atomic E-state index is 13.6. The van der Waals surface area contributed by atoms with Gasteiger partial charge < -0.3 is 19.1 Å². The van der Waals surface area contributed by atoms with E-state index in [9.17, 15) is 31.1 Å². The van der Waals surface area contributed by atoms with Gasteiger partial charge in [0, 0.05) is 36.4 Å². The van der Waals surface area contributed by atoms with Crippen LogP contribution in [0.25, 0.3) is 0 Å². The Bertz CT molecular complexity index is 1380. The molecule has 0 saturated carbocycles. The zero-order valence-corrected chi connectivity index (χ0v) is 23.3. The van der Waals surface area contributed by atoms with E-state index in [0.29, 0.717) is 47.8 Å². The number of anilines is 1. The van der Waals surface area contributed by atoms with Crippen LogP contribution in [0, 0.1) is 0 Å². The molecule has 2 atom stereocenters. The second-order valence-corrected chi connectivity index (χ2v) is 9.99. The normalized spacial score (nSPS) is 17.0. The molecular formula is C30H30F6N2O4. The molecular weight excluding hydrogens is 566 g/mol. The average Bonchev–Trinajstić information content (AvgIpc) is 2.95. The van der Waals surface area contributed by atoms with E-state index < -0.39 is 42.2 Å². The van der Waals surface area contributed by atoms with Gasteiger partial charge in [0.25, 0.3) is 0 Å². The van der Waals surface area contributed by atoms with Crippen LogP contribution in [0.2, 0.25) is 0 Å². The van der Waals surface area contributed by atoms with E-state index >= 15 is 0 Å². The van der Waals surface area contributed by atoms with Crippen molar-refractivity contribution in [3.63, 3.8) is 0 Å². The summed E-state index contributed by atoms with van der Waals surface area (Å²) in [5.74, 6) is 0.762. The molecule has 1 aliphatic heterocycles. The number of amides is 1. The lowest BCUT2D eigenvalue weighted by Crippen LogP contribution is -2.44. The van der Waals surface area contributed by atoms with Gasteiger partial charge in [-0.3, -0.25) is 4.90 Å². The molecule has 3 aromatic rings. The smallest absolute Gasteiger partial charge is 0.416 e. The molecule has 0 bridgehead atoms. The van der Waals surface area contributed by atoms with Gasteiger partial charge in [0.1, 0.15) is 0 Å². The van der Waals surface area contributed by atoms with Gasteiger partial charge in [-0.15, -0.1) is 0 Å². The molecule has 4 rings (SSSR count). The Hall–Kier alpha value is -4.09. The Morgan fingerprint density at radius 2 is 1.43 bits per heavy atom. The van der Waals surface area contributed by atoms with Crippen LogP contribution < -0.4 is 14.4 Å². The van der Waals surface area contributed by atoms with Gasteiger partial charge >= 0.3 is 18.4 Å². The van der Waals surface area contributed by atoms with Crippen LogP contribution in [-0.4, -0.2) is 38.4 Å². The number of hydrogen-bond donors (Lipinski definition) is 0. The third-order valence-electron chi connectivity index (χ3n) is 7.28. The van der Waals surface area contributed by atoms with Crippen LogP contribution in [0.5, 0.6) is 11.5 Å². The maximum absolute atomic E-state index is 13.6. The van der Waals surface area contributed by atoms with Crippen molar-refractivity contribution in [1.29, 1.82) is 0 Å². The largest absolute Gasteiger partial charge is 0.493 e. The van der Waals surface area contributed by atoms with E-state index in [1.165, 1.54) is 14.2 Å². The van der Waals surface area contributed by atoms with Crippen LogP contribution in [-0.2, 0) is 30.2 Å². The Labute approximate surface area is 239 Å². The number of carbonyl (C=O) groups is 1. The first-order valence-electron chi connectivity index (χ1n) is 13.0. The Morgan fingerprint density at radius 3 is 1.95 bits per heavy atom. The summed E-state index contributed by atoms with van der Waals surface area (Å²) in [6.45, 7) is 1.86. The SMILES string of the molecule is COC(=O)N(Cc1cc(C(F)(F)F)cc(C(F)(F)F)c1)C1CC(C)N(Cc2ccccc2)c2cc(OC)c(OC)cc21. The number of benzene rings is 3. The van der Waals surface area contributed by atoms with Crippen LogP contribution in [0.1, 0.15) is 47.2 Å². The van der Waals surface area contributed by atoms with E-state index in [1.807, 2.05) is 37.3 Å². The summed E-state index contributed by atoms with van der Waals surface area (Å²) in [5, 5.41) is 0. The Morgan fingerprint density at radius 1 is 0.857 bits per heavy atom. The first-order valence-corrected chi connectivity index (χ1v) is 13.0. The van der Waals surface area contributed by atoms with Crippen molar-refractivity contribution in [2.75, 3.05) is 26.2 Å². The standard InChI is InChI=1S/C30H30F6N2O4/c1-18-10-24(23-14-26(40-2)27(41-3)15-25(23)37(18)16-19-8-6-5-7-9-19)38(28(39)42-4)17-20-11-21(29(31,32)33)13-22(12-20)30(34,35)36/h5-9,11-15,18,24H,10,16-17H2,1-4H3. The fourth-order valence-electron chi connectivity index (χ4n) is 5.26. The minimum atomic E-state index is -5.03. The number of hydrogen-bond acceptors (Lipinski definition) is 5. The molecule has 2 unspecified atom stereocenters. The van der Waals surface area contributed by atoms with Crippen molar-refractivity contribution in [2.45, 2.75) is 50.9 Å². The fourth-order valence-corrected chi connectivity index (χ4v) is 5.26. The summed E-state index contributed by atoms with van der Waals surface area (Å²) in [6, 6.07) is 13.4. The molecule has 1 amide bonds. The van der Waals surface area contributed by atoms with Gasteiger partial charge in [-0.05, 0) is 48.7 Å². The van der Waals surface area contributed by atoms with Crippen LogP contribution >= 0.6 is 0 Å². The quantitative estimate of drug-likeness (QED) is 0.260. The highest BCUT2D eigenvalue weighted by molar-refractivity contribution is 5.71. The predicted octanol–water partition coefficient (Wildman–Crippen LogP) is 7.85. The molecule has 1 aliphatic rings. The molecule has 0 spiro atoms. The highest BCUT2D eigenvalue weighted by atomic mass is 19.4. The molecule has 0 fully saturated rings. The van der Waals surface area contributed by atoms with Crippen molar-refractivity contribution < 1.29 is 45.3 Å². The summed E-state index contributed by atoms with van der Waals surface area (Å²) in [7, 11) is 4.01. The zero-order valence-electron chi connectivity index (χ0n) is 23.3. The van der Waals surface area contributed by atoms with Crippen molar-refractivity contribution in [1.82, 2.24) is 4.90 Å². The highest BCUT2D eigenvalue weighted by Gasteiger charge is 2.40. The first kappa shape index (κ1) is 30.9. The molecule has 0 aromatic heterocycles. The fraction of sp³-hybridized carbons (Fsp3) is 0.367. The number of carbonyl (C=O) groups excluding carboxylic acids is 1. The lowest BCUT2D eigenvalue weighted by Gasteiger charge is -2.44. The number of fused-ring (bicyclic) bond motifs is 1. The molecule has 6 nitrogen and oxygen atoms in total. The van der Waals surface area contributed by atoms with Crippen molar-refractivity contribution in [2.24, 2.45) is 0 Å². The number of methoxy groups -OCH3 is 3. The molecule has 42 heavy (non-hydrogen) atoms. The Balaban J connectivity index is 1.84. The predicted molar refractivity (Wildman–Crippen MR) is 143 cm³/mol. The minimum Gasteiger partial charge on any atom is -0.493 e. The van der Waals surface area contributed by atoms with Crippen molar-refractivity contribution in [3.8, 4) is 11.5 Å². The summed E-state index contributed by atoms with van der Waals surface area (Å²) in [4.78, 5) is 16.4. The number of alkyl halides is 6. The second-order valence-electron chi connectivity index (χ2n) is 9.99. The van der Waals surface area contributed by atoms with E-state index in [4.69, 9.17) is 14.2 Å². The molecule has 226 valence electrons. The second kappa shape index (κ2) is 12.0. The van der Waals surface area contributed by atoms with Gasteiger partial charge in [0.15, 0.2) is 11.5 Å². The topological polar surface area (TPSA) is 51.2 Å². The minimum absolute atomic E-state index is 0.0581. The molecule has 12 heteroatoms. The molecule has 3 aromatic carbocycles. The third kappa shape index (κ3) is 6.52. The third-order valence-corrected chi connectivity index (χ3v) is 7.28. The molecule has 0 N–H and O–H groups in total. The Kier molecular flexibility index (Phi) is 8.84. The number of rotatable bonds is 7. The first-order chi connectivity index (χ1) is 19.8. The van der Waals surface area contributed by atoms with Crippen LogP contribution in [0.15, 0.2) is 60.7 Å².